The van der Waals surface area contributed by atoms with Crippen molar-refractivity contribution in [2.24, 2.45) is 0 Å². The van der Waals surface area contributed by atoms with Crippen molar-refractivity contribution >= 4 is 17.2 Å². The Morgan fingerprint density at radius 1 is 1.16 bits per heavy atom. The number of ether oxygens (including phenoxy) is 2. The van der Waals surface area contributed by atoms with Crippen LogP contribution in [0.3, 0.4) is 0 Å². The van der Waals surface area contributed by atoms with E-state index in [0.717, 1.165) is 16.8 Å². The van der Waals surface area contributed by atoms with Crippen molar-refractivity contribution in [3.05, 3.63) is 94.5 Å². The molecule has 0 aliphatic rings. The van der Waals surface area contributed by atoms with Crippen LogP contribution < -0.4 is 14.8 Å². The molecule has 0 radical (unpaired) electrons. The fourth-order valence-electron chi connectivity index (χ4n) is 3.13. The fraction of sp³-hybridized carbons (Fsp3) is 0.174. The molecule has 4 aromatic rings. The van der Waals surface area contributed by atoms with Crippen molar-refractivity contribution in [1.82, 2.24) is 19.9 Å². The number of hydrogen-bond donors (Lipinski definition) is 1. The first-order chi connectivity index (χ1) is 15.2. The average molecular weight is 435 g/mol. The standard InChI is InChI=1S/C23H22N4O3S/c1-29-22-10-17(6-7-21(22)30-13-20-14-31-16-26-20)23(28)25-11-18-4-2-3-5-19(18)12-27-9-8-24-15-27/h2-10,14-16H,11-13H2,1H3,(H,25,28). The van der Waals surface area contributed by atoms with Crippen molar-refractivity contribution in [3.8, 4) is 11.5 Å². The number of nitrogens with zero attached hydrogens (tertiary/aromatic N) is 3. The van der Waals surface area contributed by atoms with Gasteiger partial charge in [0.25, 0.3) is 5.91 Å². The van der Waals surface area contributed by atoms with Gasteiger partial charge in [0, 0.05) is 36.4 Å². The third kappa shape index (κ3) is 5.29. The molecule has 0 saturated carbocycles. The topological polar surface area (TPSA) is 78.3 Å². The molecular formula is C23H22N4O3S. The van der Waals surface area contributed by atoms with Gasteiger partial charge in [-0.3, -0.25) is 4.79 Å². The van der Waals surface area contributed by atoms with Gasteiger partial charge in [0.15, 0.2) is 11.5 Å². The van der Waals surface area contributed by atoms with Crippen LogP contribution in [0.4, 0.5) is 0 Å². The molecule has 8 heteroatoms. The van der Waals surface area contributed by atoms with Crippen LogP contribution in [0.1, 0.15) is 27.2 Å². The maximum absolute atomic E-state index is 12.7. The van der Waals surface area contributed by atoms with Crippen LogP contribution >= 0.6 is 11.3 Å². The highest BCUT2D eigenvalue weighted by Crippen LogP contribution is 2.29. The molecule has 0 unspecified atom stereocenters. The predicted octanol–water partition coefficient (Wildman–Crippen LogP) is 3.91. The van der Waals surface area contributed by atoms with Crippen LogP contribution in [0.2, 0.25) is 0 Å². The number of methoxy groups -OCH3 is 1. The molecule has 4 rings (SSSR count). The molecule has 1 amide bonds. The molecule has 0 aliphatic heterocycles. The number of carbonyl (C=O) groups excluding carboxylic acids is 1. The Hall–Kier alpha value is -3.65. The van der Waals surface area contributed by atoms with Gasteiger partial charge in [-0.1, -0.05) is 24.3 Å². The van der Waals surface area contributed by atoms with E-state index in [0.29, 0.717) is 36.8 Å². The lowest BCUT2D eigenvalue weighted by atomic mass is 10.1. The molecule has 0 fully saturated rings. The lowest BCUT2D eigenvalue weighted by Crippen LogP contribution is -2.23. The zero-order valence-corrected chi connectivity index (χ0v) is 17.8. The summed E-state index contributed by atoms with van der Waals surface area (Å²) >= 11 is 1.52. The first kappa shape index (κ1) is 20.6. The number of amides is 1. The third-order valence-electron chi connectivity index (χ3n) is 4.75. The van der Waals surface area contributed by atoms with Crippen molar-refractivity contribution in [2.75, 3.05) is 7.11 Å². The molecule has 0 saturated heterocycles. The van der Waals surface area contributed by atoms with Crippen LogP contribution in [0.25, 0.3) is 0 Å². The maximum Gasteiger partial charge on any atom is 0.251 e. The van der Waals surface area contributed by atoms with Crippen LogP contribution in [0.15, 0.2) is 72.1 Å². The lowest BCUT2D eigenvalue weighted by molar-refractivity contribution is 0.0950. The molecule has 0 aliphatic carbocycles. The Kier molecular flexibility index (Phi) is 6.59. The summed E-state index contributed by atoms with van der Waals surface area (Å²) in [7, 11) is 1.55. The molecule has 0 bridgehead atoms. The Bertz CT molecular complexity index is 1130. The first-order valence-corrected chi connectivity index (χ1v) is 10.7. The van der Waals surface area contributed by atoms with E-state index in [-0.39, 0.29) is 5.91 Å². The number of benzene rings is 2. The maximum atomic E-state index is 12.7. The highest BCUT2D eigenvalue weighted by molar-refractivity contribution is 7.07. The van der Waals surface area contributed by atoms with Gasteiger partial charge in [-0.25, -0.2) is 9.97 Å². The van der Waals surface area contributed by atoms with Gasteiger partial charge < -0.3 is 19.4 Å². The second kappa shape index (κ2) is 9.90. The number of nitrogens with one attached hydrogen (secondary N) is 1. The van der Waals surface area contributed by atoms with Crippen molar-refractivity contribution in [2.45, 2.75) is 19.7 Å². The van der Waals surface area contributed by atoms with E-state index < -0.39 is 0 Å². The Morgan fingerprint density at radius 2 is 2.03 bits per heavy atom. The highest BCUT2D eigenvalue weighted by Gasteiger charge is 2.12. The summed E-state index contributed by atoms with van der Waals surface area (Å²) in [6, 6.07) is 13.2. The minimum atomic E-state index is -0.179. The zero-order chi connectivity index (χ0) is 21.5. The van der Waals surface area contributed by atoms with Crippen molar-refractivity contribution < 1.29 is 14.3 Å². The van der Waals surface area contributed by atoms with Gasteiger partial charge in [0.1, 0.15) is 6.61 Å². The number of imidazole rings is 1. The molecule has 31 heavy (non-hydrogen) atoms. The Balaban J connectivity index is 1.41. The van der Waals surface area contributed by atoms with E-state index in [9.17, 15) is 4.79 Å². The predicted molar refractivity (Wildman–Crippen MR) is 118 cm³/mol. The summed E-state index contributed by atoms with van der Waals surface area (Å²) in [6.07, 6.45) is 5.45. The lowest BCUT2D eigenvalue weighted by Gasteiger charge is -2.13. The van der Waals surface area contributed by atoms with Gasteiger partial charge in [-0.2, -0.15) is 0 Å². The smallest absolute Gasteiger partial charge is 0.251 e. The largest absolute Gasteiger partial charge is 0.493 e. The van der Waals surface area contributed by atoms with Gasteiger partial charge in [-0.05, 0) is 29.3 Å². The number of aromatic nitrogens is 3. The molecule has 7 nitrogen and oxygen atoms in total. The summed E-state index contributed by atoms with van der Waals surface area (Å²) in [5.74, 6) is 0.892. The second-order valence-corrected chi connectivity index (χ2v) is 7.54. The van der Waals surface area contributed by atoms with Crippen LogP contribution in [0.5, 0.6) is 11.5 Å². The molecule has 158 valence electrons. The molecule has 2 aromatic heterocycles. The number of thiazole rings is 1. The Morgan fingerprint density at radius 3 is 2.77 bits per heavy atom. The van der Waals surface area contributed by atoms with Crippen LogP contribution in [0, 0.1) is 0 Å². The number of rotatable bonds is 9. The SMILES string of the molecule is COc1cc(C(=O)NCc2ccccc2Cn2ccnc2)ccc1OCc1cscn1. The zero-order valence-electron chi connectivity index (χ0n) is 17.0. The second-order valence-electron chi connectivity index (χ2n) is 6.82. The highest BCUT2D eigenvalue weighted by atomic mass is 32.1. The van der Waals surface area contributed by atoms with E-state index in [1.807, 2.05) is 34.3 Å². The molecule has 0 atom stereocenters. The minimum absolute atomic E-state index is 0.179. The van der Waals surface area contributed by atoms with Gasteiger partial charge in [-0.15, -0.1) is 11.3 Å². The van der Waals surface area contributed by atoms with Crippen LogP contribution in [-0.2, 0) is 19.7 Å². The quantitative estimate of drug-likeness (QED) is 0.432. The van der Waals surface area contributed by atoms with E-state index in [1.165, 1.54) is 11.3 Å². The average Bonchev–Trinajstić information content (AvgIpc) is 3.51. The first-order valence-electron chi connectivity index (χ1n) is 9.71. The summed E-state index contributed by atoms with van der Waals surface area (Å²) in [4.78, 5) is 21.0. The fourth-order valence-corrected chi connectivity index (χ4v) is 3.67. The van der Waals surface area contributed by atoms with E-state index in [1.54, 1.807) is 43.3 Å². The normalized spacial score (nSPS) is 10.6. The molecule has 1 N–H and O–H groups in total. The van der Waals surface area contributed by atoms with Crippen molar-refractivity contribution in [3.63, 3.8) is 0 Å². The molecule has 0 spiro atoms. The molecule has 2 aromatic carbocycles. The molecule has 2 heterocycles. The number of carbonyl (C=O) groups is 1. The van der Waals surface area contributed by atoms with Gasteiger partial charge >= 0.3 is 0 Å². The summed E-state index contributed by atoms with van der Waals surface area (Å²) in [5.41, 5.74) is 5.30. The van der Waals surface area contributed by atoms with Gasteiger partial charge in [0.2, 0.25) is 0 Å². The Labute approximate surface area is 184 Å². The summed E-state index contributed by atoms with van der Waals surface area (Å²) < 4.78 is 13.2. The van der Waals surface area contributed by atoms with Gasteiger partial charge in [0.05, 0.1) is 24.6 Å². The monoisotopic (exact) mass is 434 g/mol. The van der Waals surface area contributed by atoms with Crippen molar-refractivity contribution in [1.29, 1.82) is 0 Å². The van der Waals surface area contributed by atoms with Crippen LogP contribution in [-0.4, -0.2) is 27.6 Å². The summed E-state index contributed by atoms with van der Waals surface area (Å²) in [5, 5.41) is 4.92. The third-order valence-corrected chi connectivity index (χ3v) is 5.39. The minimum Gasteiger partial charge on any atom is -0.493 e. The number of hydrogen-bond acceptors (Lipinski definition) is 6. The molecular weight excluding hydrogens is 412 g/mol. The van der Waals surface area contributed by atoms with E-state index in [2.05, 4.69) is 21.4 Å². The van der Waals surface area contributed by atoms with E-state index in [4.69, 9.17) is 9.47 Å². The van der Waals surface area contributed by atoms with E-state index >= 15 is 0 Å². The summed E-state index contributed by atoms with van der Waals surface area (Å²) in [6.45, 7) is 1.47.